The standard InChI is InChI=1S/C17H31O2Si3/c1-14-12-10-11-13-17(14)15(2)16(3)20(18-21(4,5)6)19-22(7,8)9/h10-13H,1-9H3. The summed E-state index contributed by atoms with van der Waals surface area (Å²) in [5.41, 5.74) is 3.92. The maximum Gasteiger partial charge on any atom is 0.397 e. The molecule has 0 unspecified atom stereocenters. The maximum absolute atomic E-state index is 6.45. The number of allylic oxidation sites excluding steroid dienone is 2. The molecule has 0 saturated carbocycles. The molecule has 0 amide bonds. The van der Waals surface area contributed by atoms with Crippen molar-refractivity contribution in [2.45, 2.75) is 60.1 Å². The molecule has 0 atom stereocenters. The van der Waals surface area contributed by atoms with Crippen LogP contribution in [0.15, 0.2) is 29.5 Å². The van der Waals surface area contributed by atoms with Gasteiger partial charge >= 0.3 is 9.28 Å². The summed E-state index contributed by atoms with van der Waals surface area (Å²) in [5, 5.41) is 1.30. The lowest BCUT2D eigenvalue weighted by molar-refractivity contribution is 0.430. The zero-order valence-electron chi connectivity index (χ0n) is 15.6. The minimum atomic E-state index is -1.63. The summed E-state index contributed by atoms with van der Waals surface area (Å²) in [7, 11) is -4.67. The smallest absolute Gasteiger partial charge is 0.397 e. The van der Waals surface area contributed by atoms with Gasteiger partial charge < -0.3 is 8.23 Å². The molecular weight excluding hydrogens is 320 g/mol. The summed E-state index contributed by atoms with van der Waals surface area (Å²) in [6, 6.07) is 8.54. The summed E-state index contributed by atoms with van der Waals surface area (Å²) < 4.78 is 12.9. The van der Waals surface area contributed by atoms with E-state index in [2.05, 4.69) is 84.3 Å². The van der Waals surface area contributed by atoms with Gasteiger partial charge in [-0.2, -0.15) is 0 Å². The third-order valence-corrected chi connectivity index (χ3v) is 10.6. The highest BCUT2D eigenvalue weighted by Crippen LogP contribution is 2.26. The predicted molar refractivity (Wildman–Crippen MR) is 104 cm³/mol. The first-order valence-corrected chi connectivity index (χ1v) is 16.0. The van der Waals surface area contributed by atoms with Crippen LogP contribution >= 0.6 is 0 Å². The van der Waals surface area contributed by atoms with Gasteiger partial charge in [0.15, 0.2) is 16.6 Å². The summed E-state index contributed by atoms with van der Waals surface area (Å²) in [4.78, 5) is 0. The van der Waals surface area contributed by atoms with Crippen molar-refractivity contribution < 1.29 is 8.23 Å². The van der Waals surface area contributed by atoms with Gasteiger partial charge in [-0.15, -0.1) is 0 Å². The van der Waals surface area contributed by atoms with Gasteiger partial charge in [-0.3, -0.25) is 0 Å². The molecule has 22 heavy (non-hydrogen) atoms. The lowest BCUT2D eigenvalue weighted by Crippen LogP contribution is -2.44. The van der Waals surface area contributed by atoms with Crippen LogP contribution in [0.1, 0.15) is 25.0 Å². The van der Waals surface area contributed by atoms with E-state index in [1.807, 2.05) is 0 Å². The fourth-order valence-electron chi connectivity index (χ4n) is 2.08. The van der Waals surface area contributed by atoms with Crippen molar-refractivity contribution in [3.63, 3.8) is 0 Å². The first-order valence-electron chi connectivity index (χ1n) is 7.89. The number of benzene rings is 1. The van der Waals surface area contributed by atoms with E-state index in [1.165, 1.54) is 21.9 Å². The second-order valence-corrected chi connectivity index (χ2v) is 19.2. The van der Waals surface area contributed by atoms with E-state index in [0.29, 0.717) is 0 Å². The molecule has 1 aromatic rings. The first kappa shape index (κ1) is 19.6. The molecule has 0 N–H and O–H groups in total. The average molecular weight is 352 g/mol. The summed E-state index contributed by atoms with van der Waals surface area (Å²) >= 11 is 0. The fraction of sp³-hybridized carbons (Fsp3) is 0.529. The topological polar surface area (TPSA) is 18.5 Å². The third kappa shape index (κ3) is 6.34. The van der Waals surface area contributed by atoms with Crippen LogP contribution in [0.2, 0.25) is 39.3 Å². The van der Waals surface area contributed by atoms with E-state index < -0.39 is 25.9 Å². The molecule has 0 aliphatic rings. The van der Waals surface area contributed by atoms with Gasteiger partial charge in [0, 0.05) is 0 Å². The van der Waals surface area contributed by atoms with Crippen LogP contribution in [0.3, 0.4) is 0 Å². The van der Waals surface area contributed by atoms with E-state index in [1.54, 1.807) is 0 Å². The van der Waals surface area contributed by atoms with Crippen LogP contribution in [0, 0.1) is 6.92 Å². The lowest BCUT2D eigenvalue weighted by Gasteiger charge is -2.30. The van der Waals surface area contributed by atoms with E-state index in [-0.39, 0.29) is 0 Å². The Bertz CT molecular complexity index is 524. The Labute approximate surface area is 140 Å². The Morgan fingerprint density at radius 3 is 1.73 bits per heavy atom. The van der Waals surface area contributed by atoms with Gasteiger partial charge in [0.05, 0.1) is 0 Å². The average Bonchev–Trinajstić information content (AvgIpc) is 2.33. The van der Waals surface area contributed by atoms with E-state index in [9.17, 15) is 0 Å². The SMILES string of the molecule is CC(=C(C)[Si](O[Si](C)(C)C)O[Si](C)(C)C)c1ccccc1C. The van der Waals surface area contributed by atoms with Crippen molar-refractivity contribution in [3.05, 3.63) is 40.6 Å². The highest BCUT2D eigenvalue weighted by molar-refractivity contribution is 6.83. The van der Waals surface area contributed by atoms with Crippen molar-refractivity contribution in [1.29, 1.82) is 0 Å². The molecule has 0 saturated heterocycles. The van der Waals surface area contributed by atoms with Crippen LogP contribution in [0.5, 0.6) is 0 Å². The highest BCUT2D eigenvalue weighted by Gasteiger charge is 2.32. The van der Waals surface area contributed by atoms with Crippen LogP contribution < -0.4 is 0 Å². The molecule has 5 heteroatoms. The van der Waals surface area contributed by atoms with Crippen molar-refractivity contribution in [2.24, 2.45) is 0 Å². The molecule has 0 aliphatic heterocycles. The van der Waals surface area contributed by atoms with E-state index in [0.717, 1.165) is 0 Å². The van der Waals surface area contributed by atoms with Gasteiger partial charge in [-0.25, -0.2) is 0 Å². The monoisotopic (exact) mass is 351 g/mol. The number of rotatable bonds is 6. The highest BCUT2D eigenvalue weighted by atomic mass is 28.4. The van der Waals surface area contributed by atoms with Crippen LogP contribution in [-0.4, -0.2) is 25.9 Å². The number of aryl methyl sites for hydroxylation is 1. The van der Waals surface area contributed by atoms with Gasteiger partial charge in [0.1, 0.15) is 0 Å². The van der Waals surface area contributed by atoms with Gasteiger partial charge in [-0.05, 0) is 81.9 Å². The molecule has 123 valence electrons. The summed E-state index contributed by atoms with van der Waals surface area (Å²) in [5.74, 6) is 0. The quantitative estimate of drug-likeness (QED) is 0.628. The van der Waals surface area contributed by atoms with Gasteiger partial charge in [0.25, 0.3) is 0 Å². The van der Waals surface area contributed by atoms with Crippen LogP contribution in [0.4, 0.5) is 0 Å². The Morgan fingerprint density at radius 1 is 0.864 bits per heavy atom. The Hall–Kier alpha value is -0.469. The van der Waals surface area contributed by atoms with E-state index >= 15 is 0 Å². The molecule has 0 spiro atoms. The lowest BCUT2D eigenvalue weighted by atomic mass is 10.0. The number of hydrogen-bond donors (Lipinski definition) is 0. The van der Waals surface area contributed by atoms with Crippen LogP contribution in [0.25, 0.3) is 5.57 Å². The van der Waals surface area contributed by atoms with Crippen molar-refractivity contribution >= 4 is 31.5 Å². The minimum Gasteiger partial charge on any atom is -0.432 e. The Balaban J connectivity index is 3.22. The predicted octanol–water partition coefficient (Wildman–Crippen LogP) is 5.52. The fourth-order valence-corrected chi connectivity index (χ4v) is 8.74. The molecule has 0 heterocycles. The number of hydrogen-bond acceptors (Lipinski definition) is 2. The molecule has 1 radical (unpaired) electrons. The molecule has 0 aliphatic carbocycles. The third-order valence-electron chi connectivity index (χ3n) is 3.22. The molecule has 1 rings (SSSR count). The Kier molecular flexibility index (Phi) is 6.59. The molecule has 0 bridgehead atoms. The zero-order valence-corrected chi connectivity index (χ0v) is 18.6. The van der Waals surface area contributed by atoms with Crippen molar-refractivity contribution in [3.8, 4) is 0 Å². The van der Waals surface area contributed by atoms with E-state index in [4.69, 9.17) is 8.23 Å². The largest absolute Gasteiger partial charge is 0.432 e. The Morgan fingerprint density at radius 2 is 1.32 bits per heavy atom. The normalized spacial score (nSPS) is 14.3. The van der Waals surface area contributed by atoms with Gasteiger partial charge in [0.2, 0.25) is 0 Å². The maximum atomic E-state index is 6.45. The summed E-state index contributed by atoms with van der Waals surface area (Å²) in [6.45, 7) is 20.0. The molecule has 0 aromatic heterocycles. The zero-order chi connectivity index (χ0) is 17.1. The summed E-state index contributed by atoms with van der Waals surface area (Å²) in [6.07, 6.45) is 0. The molecule has 0 fully saturated rings. The van der Waals surface area contributed by atoms with Crippen molar-refractivity contribution in [2.75, 3.05) is 0 Å². The van der Waals surface area contributed by atoms with Crippen molar-refractivity contribution in [1.82, 2.24) is 0 Å². The molecule has 1 aromatic carbocycles. The second-order valence-electron chi connectivity index (χ2n) is 7.78. The second kappa shape index (κ2) is 7.40. The minimum absolute atomic E-state index is 1.30. The van der Waals surface area contributed by atoms with Crippen LogP contribution in [-0.2, 0) is 8.23 Å². The van der Waals surface area contributed by atoms with Gasteiger partial charge in [-0.1, -0.05) is 24.3 Å². The molecule has 2 nitrogen and oxygen atoms in total. The first-order chi connectivity index (χ1) is 9.91. The molecular formula is C17H31O2Si3.